The van der Waals surface area contributed by atoms with Gasteiger partial charge in [0.1, 0.15) is 5.75 Å². The van der Waals surface area contributed by atoms with Crippen molar-refractivity contribution in [3.05, 3.63) is 51.2 Å². The van der Waals surface area contributed by atoms with E-state index >= 15 is 0 Å². The van der Waals surface area contributed by atoms with Crippen LogP contribution in [0.2, 0.25) is 5.02 Å². The highest BCUT2D eigenvalue weighted by molar-refractivity contribution is 7.09. The van der Waals surface area contributed by atoms with Crippen molar-refractivity contribution in [2.75, 3.05) is 13.7 Å². The predicted molar refractivity (Wildman–Crippen MR) is 88.8 cm³/mol. The third kappa shape index (κ3) is 5.58. The topological polar surface area (TPSA) is 64.6 Å². The lowest BCUT2D eigenvalue weighted by Crippen LogP contribution is -2.28. The number of halogens is 1. The number of carbonyl (C=O) groups excluding carboxylic acids is 2. The first kappa shape index (κ1) is 17.3. The molecule has 0 saturated heterocycles. The quantitative estimate of drug-likeness (QED) is 0.777. The second-order valence-corrected chi connectivity index (χ2v) is 6.12. The smallest absolute Gasteiger partial charge is 0.310 e. The SMILES string of the molecule is COc1ccc(Cl)cc1CC(=O)OCC(=O)NCc1cccs1. The first-order valence-corrected chi connectivity index (χ1v) is 8.11. The summed E-state index contributed by atoms with van der Waals surface area (Å²) in [4.78, 5) is 24.5. The maximum absolute atomic E-state index is 11.8. The molecule has 2 rings (SSSR count). The molecule has 1 N–H and O–H groups in total. The average molecular weight is 354 g/mol. The lowest BCUT2D eigenvalue weighted by Gasteiger charge is -2.09. The summed E-state index contributed by atoms with van der Waals surface area (Å²) in [5, 5.41) is 5.12. The van der Waals surface area contributed by atoms with Crippen LogP contribution in [0.5, 0.6) is 5.75 Å². The Kier molecular flexibility index (Phi) is 6.43. The summed E-state index contributed by atoms with van der Waals surface area (Å²) in [6, 6.07) is 8.82. The Morgan fingerprint density at radius 2 is 2.13 bits per heavy atom. The van der Waals surface area contributed by atoms with E-state index in [-0.39, 0.29) is 18.9 Å². The minimum Gasteiger partial charge on any atom is -0.496 e. The lowest BCUT2D eigenvalue weighted by molar-refractivity contribution is -0.147. The largest absolute Gasteiger partial charge is 0.496 e. The van der Waals surface area contributed by atoms with Gasteiger partial charge in [0.05, 0.1) is 20.1 Å². The fourth-order valence-electron chi connectivity index (χ4n) is 1.89. The minimum atomic E-state index is -0.517. The number of hydrogen-bond donors (Lipinski definition) is 1. The number of thiophene rings is 1. The molecule has 2 aromatic rings. The molecule has 122 valence electrons. The molecule has 0 atom stereocenters. The maximum Gasteiger partial charge on any atom is 0.310 e. The van der Waals surface area contributed by atoms with E-state index in [0.717, 1.165) is 4.88 Å². The molecule has 0 aliphatic heterocycles. The van der Waals surface area contributed by atoms with Gasteiger partial charge in [-0.05, 0) is 29.6 Å². The number of rotatable bonds is 7. The third-order valence-corrected chi connectivity index (χ3v) is 4.09. The van der Waals surface area contributed by atoms with Crippen molar-refractivity contribution in [2.45, 2.75) is 13.0 Å². The fourth-order valence-corrected chi connectivity index (χ4v) is 2.73. The number of methoxy groups -OCH3 is 1. The van der Waals surface area contributed by atoms with Crippen molar-refractivity contribution >= 4 is 34.8 Å². The van der Waals surface area contributed by atoms with E-state index in [0.29, 0.717) is 22.9 Å². The molecule has 0 bridgehead atoms. The number of ether oxygens (including phenoxy) is 2. The van der Waals surface area contributed by atoms with Crippen LogP contribution in [-0.2, 0) is 27.3 Å². The number of amides is 1. The van der Waals surface area contributed by atoms with E-state index in [9.17, 15) is 9.59 Å². The minimum absolute atomic E-state index is 0.0120. The zero-order chi connectivity index (χ0) is 16.7. The van der Waals surface area contributed by atoms with Crippen LogP contribution in [0.4, 0.5) is 0 Å². The highest BCUT2D eigenvalue weighted by atomic mass is 35.5. The summed E-state index contributed by atoms with van der Waals surface area (Å²) in [6.07, 6.45) is -0.0120. The highest BCUT2D eigenvalue weighted by Gasteiger charge is 2.12. The Morgan fingerprint density at radius 3 is 2.83 bits per heavy atom. The summed E-state index contributed by atoms with van der Waals surface area (Å²) < 4.78 is 10.1. The van der Waals surface area contributed by atoms with Crippen LogP contribution in [0.1, 0.15) is 10.4 Å². The summed E-state index contributed by atoms with van der Waals surface area (Å²) in [6.45, 7) is 0.114. The van der Waals surface area contributed by atoms with Gasteiger partial charge in [-0.3, -0.25) is 9.59 Å². The number of esters is 1. The van der Waals surface area contributed by atoms with Crippen LogP contribution in [-0.4, -0.2) is 25.6 Å². The van der Waals surface area contributed by atoms with Crippen LogP contribution in [0.25, 0.3) is 0 Å². The zero-order valence-corrected chi connectivity index (χ0v) is 14.1. The fraction of sp³-hybridized carbons (Fsp3) is 0.250. The molecule has 23 heavy (non-hydrogen) atoms. The van der Waals surface area contributed by atoms with Crippen molar-refractivity contribution in [1.82, 2.24) is 5.32 Å². The van der Waals surface area contributed by atoms with Gasteiger partial charge in [0.25, 0.3) is 5.91 Å². The molecule has 0 spiro atoms. The second kappa shape index (κ2) is 8.55. The van der Waals surface area contributed by atoms with Crippen molar-refractivity contribution < 1.29 is 19.1 Å². The molecule has 0 radical (unpaired) electrons. The van der Waals surface area contributed by atoms with Gasteiger partial charge in [-0.25, -0.2) is 0 Å². The summed E-state index contributed by atoms with van der Waals surface area (Å²) in [5.74, 6) is -0.310. The Hall–Kier alpha value is -2.05. The molecular weight excluding hydrogens is 338 g/mol. The molecule has 0 saturated carbocycles. The van der Waals surface area contributed by atoms with Gasteiger partial charge in [-0.2, -0.15) is 0 Å². The van der Waals surface area contributed by atoms with Crippen molar-refractivity contribution in [1.29, 1.82) is 0 Å². The van der Waals surface area contributed by atoms with E-state index in [1.165, 1.54) is 7.11 Å². The predicted octanol–water partition coefficient (Wildman–Crippen LogP) is 2.81. The van der Waals surface area contributed by atoms with E-state index in [4.69, 9.17) is 21.1 Å². The Bertz CT molecular complexity index is 673. The van der Waals surface area contributed by atoms with Gasteiger partial charge in [0.15, 0.2) is 6.61 Å². The second-order valence-electron chi connectivity index (χ2n) is 4.65. The summed E-state index contributed by atoms with van der Waals surface area (Å²) in [7, 11) is 1.51. The van der Waals surface area contributed by atoms with Gasteiger partial charge in [-0.15, -0.1) is 11.3 Å². The molecule has 1 heterocycles. The monoisotopic (exact) mass is 353 g/mol. The van der Waals surface area contributed by atoms with Crippen molar-refractivity contribution in [3.63, 3.8) is 0 Å². The number of hydrogen-bond acceptors (Lipinski definition) is 5. The zero-order valence-electron chi connectivity index (χ0n) is 12.5. The van der Waals surface area contributed by atoms with Gasteiger partial charge in [0, 0.05) is 15.5 Å². The number of carbonyl (C=O) groups is 2. The molecule has 1 amide bonds. The van der Waals surface area contributed by atoms with Crippen LogP contribution in [0.3, 0.4) is 0 Å². The molecule has 0 unspecified atom stereocenters. The molecule has 0 fully saturated rings. The molecule has 1 aromatic heterocycles. The third-order valence-electron chi connectivity index (χ3n) is 2.98. The van der Waals surface area contributed by atoms with Gasteiger partial charge >= 0.3 is 5.97 Å². The number of nitrogens with one attached hydrogen (secondary N) is 1. The van der Waals surface area contributed by atoms with E-state index in [1.54, 1.807) is 29.5 Å². The molecule has 0 aliphatic carbocycles. The maximum atomic E-state index is 11.8. The standard InChI is InChI=1S/C16H16ClNO4S/c1-21-14-5-4-12(17)7-11(14)8-16(20)22-10-15(19)18-9-13-3-2-6-23-13/h2-7H,8-10H2,1H3,(H,18,19). The normalized spacial score (nSPS) is 10.2. The highest BCUT2D eigenvalue weighted by Crippen LogP contribution is 2.23. The van der Waals surface area contributed by atoms with Gasteiger partial charge in [0.2, 0.25) is 0 Å². The molecule has 0 aliphatic rings. The summed E-state index contributed by atoms with van der Waals surface area (Å²) in [5.41, 5.74) is 0.615. The van der Waals surface area contributed by atoms with Crippen molar-refractivity contribution in [3.8, 4) is 5.75 Å². The Balaban J connectivity index is 1.78. The summed E-state index contributed by atoms with van der Waals surface area (Å²) >= 11 is 7.45. The average Bonchev–Trinajstić information content (AvgIpc) is 3.04. The first-order valence-electron chi connectivity index (χ1n) is 6.85. The van der Waals surface area contributed by atoms with E-state index < -0.39 is 5.97 Å². The van der Waals surface area contributed by atoms with Crippen LogP contribution in [0, 0.1) is 0 Å². The van der Waals surface area contributed by atoms with Crippen LogP contribution in [0.15, 0.2) is 35.7 Å². The molecule has 1 aromatic carbocycles. The Morgan fingerprint density at radius 1 is 1.30 bits per heavy atom. The van der Waals surface area contributed by atoms with Crippen molar-refractivity contribution in [2.24, 2.45) is 0 Å². The molecular formula is C16H16ClNO4S. The molecule has 7 heteroatoms. The van der Waals surface area contributed by atoms with Gasteiger partial charge < -0.3 is 14.8 Å². The van der Waals surface area contributed by atoms with Crippen LogP contribution >= 0.6 is 22.9 Å². The van der Waals surface area contributed by atoms with Crippen LogP contribution < -0.4 is 10.1 Å². The first-order chi connectivity index (χ1) is 11.1. The van der Waals surface area contributed by atoms with Gasteiger partial charge in [-0.1, -0.05) is 17.7 Å². The lowest BCUT2D eigenvalue weighted by atomic mass is 10.1. The Labute approximate surface area is 143 Å². The van der Waals surface area contributed by atoms with E-state index in [1.807, 2.05) is 17.5 Å². The van der Waals surface area contributed by atoms with E-state index in [2.05, 4.69) is 5.32 Å². The molecule has 5 nitrogen and oxygen atoms in total. The number of benzene rings is 1.